The molecule has 0 amide bonds. The van der Waals surface area contributed by atoms with E-state index >= 15 is 0 Å². The molecule has 1 aromatic heterocycles. The maximum atomic E-state index is 12.4. The van der Waals surface area contributed by atoms with Crippen molar-refractivity contribution in [2.24, 2.45) is 7.05 Å². The first-order valence-electron chi connectivity index (χ1n) is 7.10. The van der Waals surface area contributed by atoms with E-state index in [1.165, 1.54) is 4.31 Å². The largest absolute Gasteiger partial charge is 0.304 e. The first kappa shape index (κ1) is 16.4. The Morgan fingerprint density at radius 3 is 2.57 bits per heavy atom. The quantitative estimate of drug-likeness (QED) is 0.790. The molecule has 0 spiro atoms. The predicted molar refractivity (Wildman–Crippen MR) is 81.9 cm³/mol. The third kappa shape index (κ3) is 3.28. The number of aromatic nitrogens is 2. The van der Waals surface area contributed by atoms with Gasteiger partial charge in [0.1, 0.15) is 0 Å². The Bertz CT molecular complexity index is 594. The second kappa shape index (κ2) is 6.04. The summed E-state index contributed by atoms with van der Waals surface area (Å²) in [7, 11) is 5.66. The fourth-order valence-corrected chi connectivity index (χ4v) is 4.00. The molecule has 1 fully saturated rings. The van der Waals surface area contributed by atoms with Crippen LogP contribution in [0.25, 0.3) is 0 Å². The fraction of sp³-hybridized carbons (Fsp3) is 0.769. The van der Waals surface area contributed by atoms with Crippen molar-refractivity contribution >= 4 is 10.2 Å². The third-order valence-corrected chi connectivity index (χ3v) is 5.73. The van der Waals surface area contributed by atoms with Gasteiger partial charge in [-0.15, -0.1) is 0 Å². The van der Waals surface area contributed by atoms with Gasteiger partial charge in [-0.05, 0) is 33.0 Å². The predicted octanol–water partition coefficient (Wildman–Crippen LogP) is 0.425. The van der Waals surface area contributed by atoms with Crippen LogP contribution in [-0.4, -0.2) is 66.4 Å². The lowest BCUT2D eigenvalue weighted by atomic mass is 10.1. The molecule has 8 heteroatoms. The molecule has 0 bridgehead atoms. The Balaban J connectivity index is 2.29. The van der Waals surface area contributed by atoms with Crippen molar-refractivity contribution in [1.82, 2.24) is 23.3 Å². The number of aryl methyl sites for hydroxylation is 1. The minimum Gasteiger partial charge on any atom is -0.304 e. The minimum atomic E-state index is -3.39. The Kier molecular flexibility index (Phi) is 4.72. The van der Waals surface area contributed by atoms with E-state index in [-0.39, 0.29) is 6.04 Å². The van der Waals surface area contributed by atoms with E-state index in [2.05, 4.69) is 10.00 Å². The normalized spacial score (nSPS) is 20.8. The molecule has 0 unspecified atom stereocenters. The van der Waals surface area contributed by atoms with Crippen molar-refractivity contribution in [1.29, 1.82) is 0 Å². The van der Waals surface area contributed by atoms with Gasteiger partial charge in [0.15, 0.2) is 0 Å². The lowest BCUT2D eigenvalue weighted by molar-refractivity contribution is 0.356. The van der Waals surface area contributed by atoms with Crippen molar-refractivity contribution < 1.29 is 8.42 Å². The Hall–Kier alpha value is -0.960. The van der Waals surface area contributed by atoms with E-state index in [0.29, 0.717) is 6.54 Å². The van der Waals surface area contributed by atoms with Crippen molar-refractivity contribution in [3.63, 3.8) is 0 Å². The second-order valence-corrected chi connectivity index (χ2v) is 8.08. The SMILES string of the molecule is CN(C)Cc1cc([C@@H]2CCCN2S(=O)(=O)N(C)C)nn1C. The first-order valence-corrected chi connectivity index (χ1v) is 8.50. The van der Waals surface area contributed by atoms with Crippen molar-refractivity contribution in [2.75, 3.05) is 34.7 Å². The fourth-order valence-electron chi connectivity index (χ4n) is 2.69. The molecule has 0 N–H and O–H groups in total. The summed E-state index contributed by atoms with van der Waals surface area (Å²) in [5.74, 6) is 0. The Morgan fingerprint density at radius 2 is 2.00 bits per heavy atom. The van der Waals surface area contributed by atoms with Crippen LogP contribution in [0.4, 0.5) is 0 Å². The summed E-state index contributed by atoms with van der Waals surface area (Å²) in [5.41, 5.74) is 1.93. The van der Waals surface area contributed by atoms with Crippen molar-refractivity contribution in [3.05, 3.63) is 17.5 Å². The summed E-state index contributed by atoms with van der Waals surface area (Å²) in [4.78, 5) is 2.07. The smallest absolute Gasteiger partial charge is 0.282 e. The first-order chi connectivity index (χ1) is 9.73. The molecular weight excluding hydrogens is 290 g/mol. The van der Waals surface area contributed by atoms with E-state index in [1.807, 2.05) is 31.9 Å². The standard InChI is InChI=1S/C13H25N5O2S/c1-15(2)10-11-9-12(14-17(11)5)13-7-6-8-18(13)21(19,20)16(3)4/h9,13H,6-8,10H2,1-5H3/t13-/m0/s1. The second-order valence-electron chi connectivity index (χ2n) is 5.98. The maximum Gasteiger partial charge on any atom is 0.282 e. The minimum absolute atomic E-state index is 0.153. The molecule has 0 saturated carbocycles. The highest BCUT2D eigenvalue weighted by atomic mass is 32.2. The maximum absolute atomic E-state index is 12.4. The Labute approximate surface area is 127 Å². The summed E-state index contributed by atoms with van der Waals surface area (Å²) in [6.45, 7) is 1.35. The molecule has 7 nitrogen and oxygen atoms in total. The zero-order chi connectivity index (χ0) is 15.8. The highest BCUT2D eigenvalue weighted by molar-refractivity contribution is 7.86. The summed E-state index contributed by atoms with van der Waals surface area (Å²) < 4.78 is 29.5. The lowest BCUT2D eigenvalue weighted by Gasteiger charge is -2.25. The summed E-state index contributed by atoms with van der Waals surface area (Å²) in [6.07, 6.45) is 1.70. The number of hydrogen-bond donors (Lipinski definition) is 0. The van der Waals surface area contributed by atoms with Crippen LogP contribution in [0.5, 0.6) is 0 Å². The van der Waals surface area contributed by atoms with Gasteiger partial charge in [-0.1, -0.05) is 0 Å². The van der Waals surface area contributed by atoms with Gasteiger partial charge in [-0.25, -0.2) is 0 Å². The highest BCUT2D eigenvalue weighted by Crippen LogP contribution is 2.34. The summed E-state index contributed by atoms with van der Waals surface area (Å²) in [6, 6.07) is 1.87. The zero-order valence-corrected chi connectivity index (χ0v) is 14.3. The average molecular weight is 315 g/mol. The van der Waals surface area contributed by atoms with Crippen LogP contribution < -0.4 is 0 Å². The van der Waals surface area contributed by atoms with Crippen molar-refractivity contribution in [3.8, 4) is 0 Å². The molecular formula is C13H25N5O2S. The van der Waals surface area contributed by atoms with E-state index in [1.54, 1.807) is 18.4 Å². The van der Waals surface area contributed by atoms with Gasteiger partial charge in [0.2, 0.25) is 0 Å². The zero-order valence-electron chi connectivity index (χ0n) is 13.4. The summed E-state index contributed by atoms with van der Waals surface area (Å²) in [5, 5.41) is 4.53. The molecule has 1 aliphatic rings. The van der Waals surface area contributed by atoms with Crippen LogP contribution in [0.3, 0.4) is 0 Å². The van der Waals surface area contributed by atoms with E-state index in [9.17, 15) is 8.42 Å². The van der Waals surface area contributed by atoms with Crippen LogP contribution in [0.2, 0.25) is 0 Å². The van der Waals surface area contributed by atoms with Gasteiger partial charge < -0.3 is 4.90 Å². The van der Waals surface area contributed by atoms with Gasteiger partial charge in [-0.3, -0.25) is 4.68 Å². The monoisotopic (exact) mass is 315 g/mol. The van der Waals surface area contributed by atoms with E-state index in [0.717, 1.165) is 30.8 Å². The molecule has 21 heavy (non-hydrogen) atoms. The molecule has 120 valence electrons. The molecule has 1 atom stereocenters. The number of hydrogen-bond acceptors (Lipinski definition) is 4. The number of nitrogens with zero attached hydrogens (tertiary/aromatic N) is 5. The van der Waals surface area contributed by atoms with E-state index < -0.39 is 10.2 Å². The Morgan fingerprint density at radius 1 is 1.33 bits per heavy atom. The van der Waals surface area contributed by atoms with Crippen LogP contribution >= 0.6 is 0 Å². The average Bonchev–Trinajstić information content (AvgIpc) is 2.96. The van der Waals surface area contributed by atoms with Crippen LogP contribution in [-0.2, 0) is 23.8 Å². The molecule has 0 aromatic carbocycles. The molecule has 2 rings (SSSR count). The van der Waals surface area contributed by atoms with Gasteiger partial charge in [-0.2, -0.15) is 22.1 Å². The van der Waals surface area contributed by atoms with E-state index in [4.69, 9.17) is 0 Å². The van der Waals surface area contributed by atoms with Gasteiger partial charge >= 0.3 is 0 Å². The molecule has 1 aliphatic heterocycles. The van der Waals surface area contributed by atoms with Crippen LogP contribution in [0.1, 0.15) is 30.3 Å². The lowest BCUT2D eigenvalue weighted by Crippen LogP contribution is -2.39. The summed E-state index contributed by atoms with van der Waals surface area (Å²) >= 11 is 0. The molecule has 0 aliphatic carbocycles. The van der Waals surface area contributed by atoms with Gasteiger partial charge in [0.05, 0.1) is 17.4 Å². The van der Waals surface area contributed by atoms with Crippen LogP contribution in [0.15, 0.2) is 6.07 Å². The highest BCUT2D eigenvalue weighted by Gasteiger charge is 2.37. The topological polar surface area (TPSA) is 61.7 Å². The number of rotatable bonds is 5. The molecule has 1 saturated heterocycles. The van der Waals surface area contributed by atoms with Gasteiger partial charge in [0.25, 0.3) is 10.2 Å². The van der Waals surface area contributed by atoms with Crippen molar-refractivity contribution in [2.45, 2.75) is 25.4 Å². The van der Waals surface area contributed by atoms with Crippen LogP contribution in [0, 0.1) is 0 Å². The molecule has 0 radical (unpaired) electrons. The molecule has 2 heterocycles. The third-order valence-electron chi connectivity index (χ3n) is 3.78. The molecule has 1 aromatic rings. The van der Waals surface area contributed by atoms with Gasteiger partial charge in [0, 0.05) is 34.2 Å².